The number of ether oxygens (including phenoxy) is 2. The molecule has 2 atom stereocenters. The Balaban J connectivity index is 2.90. The summed E-state index contributed by atoms with van der Waals surface area (Å²) in [6.07, 6.45) is -2.32. The van der Waals surface area contributed by atoms with Crippen LogP contribution in [0.1, 0.15) is 35.4 Å². The van der Waals surface area contributed by atoms with Crippen molar-refractivity contribution in [3.8, 4) is 5.75 Å². The third-order valence-electron chi connectivity index (χ3n) is 2.77. The van der Waals surface area contributed by atoms with Gasteiger partial charge in [-0.25, -0.2) is 0 Å². The quantitative estimate of drug-likeness (QED) is 0.569. The Bertz CT molecular complexity index is 471. The minimum atomic E-state index is -1.31. The van der Waals surface area contributed by atoms with Gasteiger partial charge < -0.3 is 19.7 Å². The summed E-state index contributed by atoms with van der Waals surface area (Å²) in [4.78, 5) is 22.0. The first-order valence-electron chi connectivity index (χ1n) is 6.18. The van der Waals surface area contributed by atoms with Crippen molar-refractivity contribution < 1.29 is 29.3 Å². The van der Waals surface area contributed by atoms with E-state index in [1.807, 2.05) is 0 Å². The number of rotatable bonds is 7. The number of aliphatic hydroxyl groups excluding tert-OH is 2. The number of carbonyl (C=O) groups excluding carboxylic acids is 2. The summed E-state index contributed by atoms with van der Waals surface area (Å²) >= 11 is 0. The molecule has 0 saturated heterocycles. The third kappa shape index (κ3) is 4.04. The van der Waals surface area contributed by atoms with Crippen molar-refractivity contribution in [3.63, 3.8) is 0 Å². The van der Waals surface area contributed by atoms with Gasteiger partial charge >= 0.3 is 5.97 Å². The number of hydrogen-bond acceptors (Lipinski definition) is 6. The van der Waals surface area contributed by atoms with Gasteiger partial charge in [0.1, 0.15) is 11.9 Å². The number of carbonyl (C=O) groups is 2. The van der Waals surface area contributed by atoms with Crippen LogP contribution in [0.5, 0.6) is 5.75 Å². The molecule has 1 aromatic rings. The second-order valence-corrected chi connectivity index (χ2v) is 4.14. The summed E-state index contributed by atoms with van der Waals surface area (Å²) in [5.41, 5.74) is 0.598. The Morgan fingerprint density at radius 3 is 2.65 bits per heavy atom. The fraction of sp³-hybridized carbons (Fsp3) is 0.429. The van der Waals surface area contributed by atoms with Crippen molar-refractivity contribution in [2.24, 2.45) is 0 Å². The lowest BCUT2D eigenvalue weighted by Gasteiger charge is -2.18. The molecule has 110 valence electrons. The van der Waals surface area contributed by atoms with Crippen LogP contribution in [0, 0.1) is 0 Å². The van der Waals surface area contributed by atoms with Gasteiger partial charge in [-0.15, -0.1) is 0 Å². The van der Waals surface area contributed by atoms with Crippen molar-refractivity contribution in [1.29, 1.82) is 0 Å². The molecule has 0 radical (unpaired) electrons. The minimum absolute atomic E-state index is 0.272. The number of methoxy groups -OCH3 is 1. The Kier molecular flexibility index (Phi) is 6.14. The topological polar surface area (TPSA) is 93.1 Å². The van der Waals surface area contributed by atoms with Gasteiger partial charge in [0.2, 0.25) is 0 Å². The maximum atomic E-state index is 11.1. The molecule has 0 heterocycles. The summed E-state index contributed by atoms with van der Waals surface area (Å²) in [5.74, 6) is -0.223. The molecule has 20 heavy (non-hydrogen) atoms. The maximum absolute atomic E-state index is 11.1. The average Bonchev–Trinajstić information content (AvgIpc) is 2.46. The fourth-order valence-corrected chi connectivity index (χ4v) is 1.72. The van der Waals surface area contributed by atoms with Gasteiger partial charge in [-0.3, -0.25) is 9.59 Å². The van der Waals surface area contributed by atoms with Crippen molar-refractivity contribution in [2.45, 2.75) is 25.6 Å². The lowest BCUT2D eigenvalue weighted by Crippen LogP contribution is -2.22. The lowest BCUT2D eigenvalue weighted by atomic mass is 10.00. The van der Waals surface area contributed by atoms with Crippen LogP contribution in [-0.2, 0) is 9.53 Å². The van der Waals surface area contributed by atoms with Crippen LogP contribution in [0.15, 0.2) is 18.2 Å². The van der Waals surface area contributed by atoms with Crippen LogP contribution in [0.2, 0.25) is 0 Å². The van der Waals surface area contributed by atoms with E-state index in [4.69, 9.17) is 4.74 Å². The summed E-state index contributed by atoms with van der Waals surface area (Å²) in [7, 11) is 1.20. The van der Waals surface area contributed by atoms with Gasteiger partial charge in [0.15, 0.2) is 6.29 Å². The zero-order chi connectivity index (χ0) is 15.1. The molecule has 0 aliphatic carbocycles. The molecule has 6 heteroatoms. The van der Waals surface area contributed by atoms with E-state index in [0.29, 0.717) is 24.2 Å². The van der Waals surface area contributed by atoms with E-state index >= 15 is 0 Å². The first-order chi connectivity index (χ1) is 9.53. The fourth-order valence-electron chi connectivity index (χ4n) is 1.72. The molecule has 0 aliphatic rings. The van der Waals surface area contributed by atoms with E-state index in [9.17, 15) is 19.8 Å². The monoisotopic (exact) mass is 282 g/mol. The molecule has 0 fully saturated rings. The van der Waals surface area contributed by atoms with Crippen LogP contribution in [0.4, 0.5) is 0 Å². The first-order valence-corrected chi connectivity index (χ1v) is 6.18. The summed E-state index contributed by atoms with van der Waals surface area (Å²) in [6.45, 7) is 2.20. The predicted molar refractivity (Wildman–Crippen MR) is 70.6 cm³/mol. The number of aldehydes is 1. The van der Waals surface area contributed by atoms with Crippen molar-refractivity contribution in [1.82, 2.24) is 0 Å². The molecule has 1 aromatic carbocycles. The van der Waals surface area contributed by atoms with E-state index in [1.165, 1.54) is 25.3 Å². The number of aliphatic hydroxyl groups is 2. The number of hydrogen-bond donors (Lipinski definition) is 2. The SMILES string of the molecule is CCOc1ccc(C(O)C(O)CC(=O)OC)cc1C=O. The van der Waals surface area contributed by atoms with Crippen LogP contribution < -0.4 is 4.74 Å². The van der Waals surface area contributed by atoms with E-state index in [-0.39, 0.29) is 12.0 Å². The Morgan fingerprint density at radius 2 is 2.10 bits per heavy atom. The van der Waals surface area contributed by atoms with Gasteiger partial charge in [-0.1, -0.05) is 6.07 Å². The van der Waals surface area contributed by atoms with Crippen LogP contribution in [0.25, 0.3) is 0 Å². The number of benzene rings is 1. The van der Waals surface area contributed by atoms with E-state index in [0.717, 1.165) is 0 Å². The number of esters is 1. The Hall–Kier alpha value is -1.92. The molecule has 1 rings (SSSR count). The van der Waals surface area contributed by atoms with Gasteiger partial charge in [0.25, 0.3) is 0 Å². The molecule has 2 N–H and O–H groups in total. The predicted octanol–water partition coefficient (Wildman–Crippen LogP) is 0.855. The summed E-state index contributed by atoms with van der Waals surface area (Å²) in [5, 5.41) is 19.7. The molecule has 0 saturated carbocycles. The van der Waals surface area contributed by atoms with Crippen LogP contribution in [0.3, 0.4) is 0 Å². The van der Waals surface area contributed by atoms with Gasteiger partial charge in [0.05, 0.1) is 31.8 Å². The van der Waals surface area contributed by atoms with Crippen LogP contribution in [-0.4, -0.2) is 42.3 Å². The van der Waals surface area contributed by atoms with Crippen molar-refractivity contribution >= 4 is 12.3 Å². The van der Waals surface area contributed by atoms with E-state index in [1.54, 1.807) is 6.92 Å². The highest BCUT2D eigenvalue weighted by Gasteiger charge is 2.22. The van der Waals surface area contributed by atoms with E-state index < -0.39 is 18.2 Å². The zero-order valence-corrected chi connectivity index (χ0v) is 11.4. The summed E-state index contributed by atoms with van der Waals surface area (Å²) in [6, 6.07) is 4.49. The highest BCUT2D eigenvalue weighted by Crippen LogP contribution is 2.25. The molecule has 6 nitrogen and oxygen atoms in total. The third-order valence-corrected chi connectivity index (χ3v) is 2.77. The molecular formula is C14H18O6. The normalized spacial score (nSPS) is 13.4. The minimum Gasteiger partial charge on any atom is -0.493 e. The smallest absolute Gasteiger partial charge is 0.308 e. The Labute approximate surface area is 116 Å². The highest BCUT2D eigenvalue weighted by molar-refractivity contribution is 5.79. The largest absolute Gasteiger partial charge is 0.493 e. The maximum Gasteiger partial charge on any atom is 0.308 e. The van der Waals surface area contributed by atoms with Gasteiger partial charge in [-0.2, -0.15) is 0 Å². The van der Waals surface area contributed by atoms with Gasteiger partial charge in [-0.05, 0) is 24.6 Å². The molecule has 0 aromatic heterocycles. The molecule has 0 amide bonds. The highest BCUT2D eigenvalue weighted by atomic mass is 16.5. The molecule has 0 spiro atoms. The lowest BCUT2D eigenvalue weighted by molar-refractivity contribution is -0.144. The summed E-state index contributed by atoms with van der Waals surface area (Å²) < 4.78 is 9.67. The average molecular weight is 282 g/mol. The van der Waals surface area contributed by atoms with E-state index in [2.05, 4.69) is 4.74 Å². The second-order valence-electron chi connectivity index (χ2n) is 4.14. The standard InChI is InChI=1S/C14H18O6/c1-3-20-12-5-4-9(6-10(12)8-15)14(18)11(16)7-13(17)19-2/h4-6,8,11,14,16,18H,3,7H2,1-2H3. The molecular weight excluding hydrogens is 264 g/mol. The molecule has 0 bridgehead atoms. The first kappa shape index (κ1) is 16.1. The second kappa shape index (κ2) is 7.62. The zero-order valence-electron chi connectivity index (χ0n) is 11.4. The van der Waals surface area contributed by atoms with Crippen molar-refractivity contribution in [2.75, 3.05) is 13.7 Å². The van der Waals surface area contributed by atoms with Crippen molar-refractivity contribution in [3.05, 3.63) is 29.3 Å². The van der Waals surface area contributed by atoms with Crippen LogP contribution >= 0.6 is 0 Å². The molecule has 0 aliphatic heterocycles. The Morgan fingerprint density at radius 1 is 1.40 bits per heavy atom. The van der Waals surface area contributed by atoms with Gasteiger partial charge in [0, 0.05) is 0 Å². The molecule has 2 unspecified atom stereocenters.